The van der Waals surface area contributed by atoms with Gasteiger partial charge in [0.25, 0.3) is 11.8 Å². The maximum atomic E-state index is 12.7. The Morgan fingerprint density at radius 1 is 0.839 bits per heavy atom. The molecule has 3 aromatic rings. The minimum atomic E-state index is -0.150. The Morgan fingerprint density at radius 2 is 1.52 bits per heavy atom. The number of hydrogen-bond donors (Lipinski definition) is 3. The number of hydrogen-bond acceptors (Lipinski definition) is 3. The molecular formula is C25H28N3O3+. The summed E-state index contributed by atoms with van der Waals surface area (Å²) in [6, 6.07) is 24.8. The van der Waals surface area contributed by atoms with Crippen molar-refractivity contribution in [3.05, 3.63) is 78.9 Å². The van der Waals surface area contributed by atoms with Crippen molar-refractivity contribution in [3.63, 3.8) is 0 Å². The Morgan fingerprint density at radius 3 is 2.23 bits per heavy atom. The first-order valence-corrected chi connectivity index (χ1v) is 10.3. The normalized spacial score (nSPS) is 11.4. The molecule has 0 radical (unpaired) electrons. The number of ether oxygens (including phenoxy) is 1. The average molecular weight is 419 g/mol. The van der Waals surface area contributed by atoms with Crippen LogP contribution in [0.1, 0.15) is 6.92 Å². The summed E-state index contributed by atoms with van der Waals surface area (Å²) in [6.07, 6.45) is 0. The number of nitrogens with one attached hydrogen (secondary N) is 3. The number of anilines is 2. The van der Waals surface area contributed by atoms with E-state index in [1.54, 1.807) is 19.2 Å². The third-order valence-electron chi connectivity index (χ3n) is 4.96. The third kappa shape index (κ3) is 6.42. The minimum Gasteiger partial charge on any atom is -0.497 e. The smallest absolute Gasteiger partial charge is 0.279 e. The molecule has 160 valence electrons. The van der Waals surface area contributed by atoms with Gasteiger partial charge < -0.3 is 20.3 Å². The van der Waals surface area contributed by atoms with E-state index in [9.17, 15) is 9.59 Å². The van der Waals surface area contributed by atoms with E-state index in [1.165, 1.54) is 0 Å². The van der Waals surface area contributed by atoms with Gasteiger partial charge in [-0.15, -0.1) is 0 Å². The van der Waals surface area contributed by atoms with Crippen LogP contribution >= 0.6 is 0 Å². The van der Waals surface area contributed by atoms with Gasteiger partial charge in [-0.3, -0.25) is 9.59 Å². The predicted molar refractivity (Wildman–Crippen MR) is 123 cm³/mol. The van der Waals surface area contributed by atoms with E-state index in [1.807, 2.05) is 73.7 Å². The van der Waals surface area contributed by atoms with Gasteiger partial charge in [0.15, 0.2) is 13.1 Å². The Hall–Kier alpha value is -3.64. The Balaban J connectivity index is 1.60. The van der Waals surface area contributed by atoms with Crippen LogP contribution in [0.2, 0.25) is 0 Å². The van der Waals surface area contributed by atoms with E-state index < -0.39 is 0 Å². The molecule has 2 amide bonds. The Bertz CT molecular complexity index is 1020. The van der Waals surface area contributed by atoms with Crippen molar-refractivity contribution in [1.82, 2.24) is 0 Å². The first kappa shape index (κ1) is 22.1. The van der Waals surface area contributed by atoms with Crippen molar-refractivity contribution in [1.29, 1.82) is 0 Å². The highest BCUT2D eigenvalue weighted by Gasteiger charge is 2.18. The lowest BCUT2D eigenvalue weighted by molar-refractivity contribution is -0.881. The second kappa shape index (κ2) is 10.9. The second-order valence-corrected chi connectivity index (χ2v) is 7.20. The zero-order valence-electron chi connectivity index (χ0n) is 17.9. The first-order chi connectivity index (χ1) is 15.1. The molecule has 0 bridgehead atoms. The lowest BCUT2D eigenvalue weighted by Crippen LogP contribution is -3.13. The van der Waals surface area contributed by atoms with E-state index in [-0.39, 0.29) is 24.9 Å². The van der Waals surface area contributed by atoms with Gasteiger partial charge in [-0.25, -0.2) is 0 Å². The molecule has 1 unspecified atom stereocenters. The number of quaternary nitrogens is 1. The van der Waals surface area contributed by atoms with E-state index in [0.717, 1.165) is 21.7 Å². The molecule has 0 aromatic heterocycles. The number of para-hydroxylation sites is 1. The molecule has 0 saturated carbocycles. The molecule has 0 aliphatic heterocycles. The topological polar surface area (TPSA) is 71.9 Å². The van der Waals surface area contributed by atoms with Gasteiger partial charge in [-0.1, -0.05) is 54.6 Å². The molecular weight excluding hydrogens is 390 g/mol. The van der Waals surface area contributed by atoms with Crippen LogP contribution in [-0.2, 0) is 9.59 Å². The molecule has 3 rings (SSSR count). The largest absolute Gasteiger partial charge is 0.497 e. The number of rotatable bonds is 9. The maximum absolute atomic E-state index is 12.7. The van der Waals surface area contributed by atoms with Gasteiger partial charge in [0, 0.05) is 23.0 Å². The van der Waals surface area contributed by atoms with Crippen molar-refractivity contribution >= 4 is 23.2 Å². The summed E-state index contributed by atoms with van der Waals surface area (Å²) in [4.78, 5) is 26.0. The summed E-state index contributed by atoms with van der Waals surface area (Å²) < 4.78 is 5.18. The molecule has 0 aliphatic carbocycles. The summed E-state index contributed by atoms with van der Waals surface area (Å²) in [5.74, 6) is 0.394. The molecule has 0 heterocycles. The SMILES string of the molecule is CC[NH+](CC(=O)Nc1cccc(OC)c1)CC(=O)Nc1ccccc1-c1ccccc1. The molecule has 0 saturated heterocycles. The van der Waals surface area contributed by atoms with Crippen molar-refractivity contribution in [2.45, 2.75) is 6.92 Å². The van der Waals surface area contributed by atoms with Crippen LogP contribution in [0.15, 0.2) is 78.9 Å². The summed E-state index contributed by atoms with van der Waals surface area (Å²) >= 11 is 0. The Kier molecular flexibility index (Phi) is 7.79. The fourth-order valence-electron chi connectivity index (χ4n) is 3.33. The highest BCUT2D eigenvalue weighted by molar-refractivity contribution is 5.96. The molecule has 0 spiro atoms. The van der Waals surface area contributed by atoms with Gasteiger partial charge in [0.05, 0.1) is 13.7 Å². The molecule has 6 heteroatoms. The highest BCUT2D eigenvalue weighted by Crippen LogP contribution is 2.27. The average Bonchev–Trinajstić information content (AvgIpc) is 2.79. The van der Waals surface area contributed by atoms with Crippen LogP contribution in [-0.4, -0.2) is 38.6 Å². The third-order valence-corrected chi connectivity index (χ3v) is 4.96. The van der Waals surface area contributed by atoms with Gasteiger partial charge >= 0.3 is 0 Å². The van der Waals surface area contributed by atoms with Crippen LogP contribution in [0.25, 0.3) is 11.1 Å². The standard InChI is InChI=1S/C25H27N3O3/c1-3-28(17-24(29)26-20-12-9-13-21(16-20)31-2)18-25(30)27-23-15-8-7-14-22(23)19-10-5-4-6-11-19/h4-16H,3,17-18H2,1-2H3,(H,26,29)(H,27,30)/p+1. The summed E-state index contributed by atoms with van der Waals surface area (Å²) in [7, 11) is 1.58. The predicted octanol–water partition coefficient (Wildman–Crippen LogP) is 2.84. The van der Waals surface area contributed by atoms with Crippen LogP contribution in [0.4, 0.5) is 11.4 Å². The lowest BCUT2D eigenvalue weighted by Gasteiger charge is -2.18. The van der Waals surface area contributed by atoms with E-state index >= 15 is 0 Å². The molecule has 1 atom stereocenters. The number of methoxy groups -OCH3 is 1. The minimum absolute atomic E-state index is 0.130. The number of benzene rings is 3. The van der Waals surface area contributed by atoms with Crippen molar-refractivity contribution in [2.24, 2.45) is 0 Å². The number of carbonyl (C=O) groups is 2. The zero-order chi connectivity index (χ0) is 22.1. The highest BCUT2D eigenvalue weighted by atomic mass is 16.5. The zero-order valence-corrected chi connectivity index (χ0v) is 17.9. The summed E-state index contributed by atoms with van der Waals surface area (Å²) in [6.45, 7) is 3.01. The van der Waals surface area contributed by atoms with Crippen LogP contribution in [0, 0.1) is 0 Å². The molecule has 3 N–H and O–H groups in total. The second-order valence-electron chi connectivity index (χ2n) is 7.20. The van der Waals surface area contributed by atoms with Gasteiger partial charge in [-0.2, -0.15) is 0 Å². The van der Waals surface area contributed by atoms with Crippen LogP contribution < -0.4 is 20.3 Å². The number of amides is 2. The monoisotopic (exact) mass is 418 g/mol. The van der Waals surface area contributed by atoms with Gasteiger partial charge in [0.1, 0.15) is 5.75 Å². The van der Waals surface area contributed by atoms with E-state index in [2.05, 4.69) is 10.6 Å². The molecule has 3 aromatic carbocycles. The number of carbonyl (C=O) groups excluding carboxylic acids is 2. The van der Waals surface area contributed by atoms with E-state index in [0.29, 0.717) is 18.0 Å². The number of likely N-dealkylation sites (N-methyl/N-ethyl adjacent to an activating group) is 1. The van der Waals surface area contributed by atoms with Crippen molar-refractivity contribution in [3.8, 4) is 16.9 Å². The Labute approximate surface area is 182 Å². The molecule has 0 aliphatic rings. The fourth-order valence-corrected chi connectivity index (χ4v) is 3.33. The van der Waals surface area contributed by atoms with Crippen molar-refractivity contribution < 1.29 is 19.2 Å². The van der Waals surface area contributed by atoms with Gasteiger partial charge in [0.2, 0.25) is 0 Å². The first-order valence-electron chi connectivity index (χ1n) is 10.3. The van der Waals surface area contributed by atoms with Gasteiger partial charge in [-0.05, 0) is 30.7 Å². The van der Waals surface area contributed by atoms with Crippen LogP contribution in [0.5, 0.6) is 5.75 Å². The van der Waals surface area contributed by atoms with E-state index in [4.69, 9.17) is 4.74 Å². The molecule has 0 fully saturated rings. The maximum Gasteiger partial charge on any atom is 0.279 e. The van der Waals surface area contributed by atoms with Crippen LogP contribution in [0.3, 0.4) is 0 Å². The molecule has 31 heavy (non-hydrogen) atoms. The quantitative estimate of drug-likeness (QED) is 0.500. The lowest BCUT2D eigenvalue weighted by atomic mass is 10.0. The molecule has 6 nitrogen and oxygen atoms in total. The fraction of sp³-hybridized carbons (Fsp3) is 0.200. The summed E-state index contributed by atoms with van der Waals surface area (Å²) in [5.41, 5.74) is 3.43. The van der Waals surface area contributed by atoms with Crippen molar-refractivity contribution in [2.75, 3.05) is 37.4 Å². The summed E-state index contributed by atoms with van der Waals surface area (Å²) in [5, 5.41) is 5.87.